The number of hydrogen-bond donors (Lipinski definition) is 2. The van der Waals surface area contributed by atoms with Crippen molar-refractivity contribution in [3.8, 4) is 0 Å². The van der Waals surface area contributed by atoms with Gasteiger partial charge in [0.15, 0.2) is 0 Å². The van der Waals surface area contributed by atoms with Gasteiger partial charge in [-0.25, -0.2) is 4.79 Å². The van der Waals surface area contributed by atoms with Gasteiger partial charge in [-0.05, 0) is 34.1 Å². The number of rotatable bonds is 6. The highest BCUT2D eigenvalue weighted by Crippen LogP contribution is 2.20. The lowest BCUT2D eigenvalue weighted by atomic mass is 10.2. The van der Waals surface area contributed by atoms with Gasteiger partial charge in [0, 0.05) is 10.2 Å². The molecule has 1 aromatic rings. The first-order valence-corrected chi connectivity index (χ1v) is 5.85. The van der Waals surface area contributed by atoms with Crippen LogP contribution in [0.5, 0.6) is 0 Å². The number of aliphatic hydroxyl groups is 1. The molecule has 0 aliphatic heterocycles. The molecule has 0 radical (unpaired) electrons. The number of carbonyl (C=O) groups excluding carboxylic acids is 1. The molecule has 0 fully saturated rings. The third-order valence-electron chi connectivity index (χ3n) is 1.93. The number of carbonyl (C=O) groups is 1. The SMILES string of the molecule is Nc1cc(C(=O)OCCOCCO)ccc1Br. The molecule has 0 atom stereocenters. The lowest BCUT2D eigenvalue weighted by Crippen LogP contribution is -2.12. The number of esters is 1. The molecule has 3 N–H and O–H groups in total. The summed E-state index contributed by atoms with van der Waals surface area (Å²) < 4.78 is 10.6. The van der Waals surface area contributed by atoms with Crippen molar-refractivity contribution in [1.29, 1.82) is 0 Å². The minimum absolute atomic E-state index is 0.0445. The van der Waals surface area contributed by atoms with Crippen LogP contribution < -0.4 is 5.73 Å². The first kappa shape index (κ1) is 14.0. The molecule has 6 heteroatoms. The molecular formula is C11H14BrNO4. The molecule has 0 heterocycles. The van der Waals surface area contributed by atoms with E-state index >= 15 is 0 Å². The molecule has 5 nitrogen and oxygen atoms in total. The zero-order valence-electron chi connectivity index (χ0n) is 9.19. The maximum Gasteiger partial charge on any atom is 0.338 e. The maximum absolute atomic E-state index is 11.5. The lowest BCUT2D eigenvalue weighted by Gasteiger charge is -2.06. The Morgan fingerprint density at radius 3 is 2.76 bits per heavy atom. The fourth-order valence-electron chi connectivity index (χ4n) is 1.11. The van der Waals surface area contributed by atoms with Crippen molar-refractivity contribution in [2.45, 2.75) is 0 Å². The second-order valence-corrected chi connectivity index (χ2v) is 4.06. The van der Waals surface area contributed by atoms with Crippen molar-refractivity contribution in [3.63, 3.8) is 0 Å². The van der Waals surface area contributed by atoms with Gasteiger partial charge in [-0.15, -0.1) is 0 Å². The van der Waals surface area contributed by atoms with Crippen LogP contribution in [-0.4, -0.2) is 37.5 Å². The Hall–Kier alpha value is -1.11. The van der Waals surface area contributed by atoms with E-state index in [1.54, 1.807) is 18.2 Å². The van der Waals surface area contributed by atoms with Gasteiger partial charge in [0.05, 0.1) is 25.4 Å². The normalized spacial score (nSPS) is 10.2. The van der Waals surface area contributed by atoms with Gasteiger partial charge in [0.2, 0.25) is 0 Å². The van der Waals surface area contributed by atoms with Crippen LogP contribution in [0.2, 0.25) is 0 Å². The van der Waals surface area contributed by atoms with Crippen LogP contribution in [0.1, 0.15) is 10.4 Å². The van der Waals surface area contributed by atoms with Crippen LogP contribution in [0.3, 0.4) is 0 Å². The number of halogens is 1. The Balaban J connectivity index is 2.39. The van der Waals surface area contributed by atoms with E-state index in [1.807, 2.05) is 0 Å². The van der Waals surface area contributed by atoms with Crippen LogP contribution in [0.15, 0.2) is 22.7 Å². The number of nitrogen functional groups attached to an aromatic ring is 1. The number of ether oxygens (including phenoxy) is 2. The first-order valence-electron chi connectivity index (χ1n) is 5.06. The molecule has 0 amide bonds. The van der Waals surface area contributed by atoms with E-state index in [1.165, 1.54) is 0 Å². The zero-order chi connectivity index (χ0) is 12.7. The summed E-state index contributed by atoms with van der Waals surface area (Å²) in [4.78, 5) is 11.5. The van der Waals surface area contributed by atoms with E-state index < -0.39 is 5.97 Å². The van der Waals surface area contributed by atoms with Gasteiger partial charge >= 0.3 is 5.97 Å². The van der Waals surface area contributed by atoms with Crippen molar-refractivity contribution in [1.82, 2.24) is 0 Å². The van der Waals surface area contributed by atoms with Crippen LogP contribution in [0.4, 0.5) is 5.69 Å². The zero-order valence-corrected chi connectivity index (χ0v) is 10.8. The highest BCUT2D eigenvalue weighted by atomic mass is 79.9. The van der Waals surface area contributed by atoms with E-state index in [4.69, 9.17) is 20.3 Å². The molecule has 1 rings (SSSR count). The summed E-state index contributed by atoms with van der Waals surface area (Å²) in [5.74, 6) is -0.447. The average Bonchev–Trinajstić information content (AvgIpc) is 2.32. The Kier molecular flexibility index (Phi) is 5.96. The molecule has 0 saturated heterocycles. The molecular weight excluding hydrogens is 290 g/mol. The van der Waals surface area contributed by atoms with E-state index in [9.17, 15) is 4.79 Å². The molecule has 94 valence electrons. The van der Waals surface area contributed by atoms with Gasteiger partial charge in [-0.3, -0.25) is 0 Å². The molecule has 0 spiro atoms. The molecule has 0 bridgehead atoms. The van der Waals surface area contributed by atoms with Crippen molar-refractivity contribution < 1.29 is 19.4 Å². The standard InChI is InChI=1S/C11H14BrNO4/c12-9-2-1-8(7-10(9)13)11(15)17-6-5-16-4-3-14/h1-2,7,14H,3-6,13H2. The van der Waals surface area contributed by atoms with Gasteiger partial charge in [0.1, 0.15) is 6.61 Å². The summed E-state index contributed by atoms with van der Waals surface area (Å²) >= 11 is 3.24. The largest absolute Gasteiger partial charge is 0.460 e. The summed E-state index contributed by atoms with van der Waals surface area (Å²) in [6.07, 6.45) is 0. The number of aliphatic hydroxyl groups excluding tert-OH is 1. The number of hydrogen-bond acceptors (Lipinski definition) is 5. The highest BCUT2D eigenvalue weighted by Gasteiger charge is 2.08. The predicted octanol–water partition coefficient (Wildman–Crippen LogP) is 1.20. The van der Waals surface area contributed by atoms with E-state index in [2.05, 4.69) is 15.9 Å². The minimum atomic E-state index is -0.447. The van der Waals surface area contributed by atoms with E-state index in [0.717, 1.165) is 4.47 Å². The fraction of sp³-hybridized carbons (Fsp3) is 0.364. The summed E-state index contributed by atoms with van der Waals surface area (Å²) in [6, 6.07) is 4.85. The summed E-state index contributed by atoms with van der Waals surface area (Å²) in [7, 11) is 0. The molecule has 0 unspecified atom stereocenters. The van der Waals surface area contributed by atoms with E-state index in [0.29, 0.717) is 11.3 Å². The van der Waals surface area contributed by atoms with Crippen LogP contribution in [0.25, 0.3) is 0 Å². The molecule has 0 aliphatic rings. The van der Waals surface area contributed by atoms with Gasteiger partial charge in [0.25, 0.3) is 0 Å². The minimum Gasteiger partial charge on any atom is -0.460 e. The van der Waals surface area contributed by atoms with Crippen molar-refractivity contribution in [3.05, 3.63) is 28.2 Å². The number of anilines is 1. The van der Waals surface area contributed by atoms with Crippen molar-refractivity contribution in [2.75, 3.05) is 32.2 Å². The number of nitrogens with two attached hydrogens (primary N) is 1. The molecule has 0 aromatic heterocycles. The van der Waals surface area contributed by atoms with Crippen LogP contribution in [-0.2, 0) is 9.47 Å². The highest BCUT2D eigenvalue weighted by molar-refractivity contribution is 9.10. The Morgan fingerprint density at radius 1 is 1.35 bits per heavy atom. The maximum atomic E-state index is 11.5. The summed E-state index contributed by atoms with van der Waals surface area (Å²) in [5, 5.41) is 8.46. The quantitative estimate of drug-likeness (QED) is 0.469. The second-order valence-electron chi connectivity index (χ2n) is 3.21. The fourth-order valence-corrected chi connectivity index (χ4v) is 1.36. The van der Waals surface area contributed by atoms with Crippen LogP contribution in [0, 0.1) is 0 Å². The van der Waals surface area contributed by atoms with Crippen LogP contribution >= 0.6 is 15.9 Å². The molecule has 1 aromatic carbocycles. The van der Waals surface area contributed by atoms with Gasteiger partial charge < -0.3 is 20.3 Å². The Morgan fingerprint density at radius 2 is 2.12 bits per heavy atom. The monoisotopic (exact) mass is 303 g/mol. The smallest absolute Gasteiger partial charge is 0.338 e. The van der Waals surface area contributed by atoms with Crippen molar-refractivity contribution >= 4 is 27.6 Å². The molecule has 0 aliphatic carbocycles. The third kappa shape index (κ3) is 4.72. The summed E-state index contributed by atoms with van der Waals surface area (Å²) in [5.41, 5.74) is 6.52. The second kappa shape index (κ2) is 7.26. The Labute approximate surface area is 108 Å². The van der Waals surface area contributed by atoms with Gasteiger partial charge in [-0.2, -0.15) is 0 Å². The molecule has 0 saturated carbocycles. The van der Waals surface area contributed by atoms with E-state index in [-0.39, 0.29) is 26.4 Å². The third-order valence-corrected chi connectivity index (χ3v) is 2.65. The predicted molar refractivity (Wildman–Crippen MR) is 66.7 cm³/mol. The average molecular weight is 304 g/mol. The van der Waals surface area contributed by atoms with Crippen molar-refractivity contribution in [2.24, 2.45) is 0 Å². The first-order chi connectivity index (χ1) is 8.15. The van der Waals surface area contributed by atoms with Gasteiger partial charge in [-0.1, -0.05) is 0 Å². The summed E-state index contributed by atoms with van der Waals surface area (Å²) in [6.45, 7) is 0.604. The Bertz CT molecular complexity index is 384. The lowest BCUT2D eigenvalue weighted by molar-refractivity contribution is 0.0258. The molecule has 17 heavy (non-hydrogen) atoms. The number of benzene rings is 1. The topological polar surface area (TPSA) is 81.8 Å².